The third kappa shape index (κ3) is 2.90. The van der Waals surface area contributed by atoms with Crippen LogP contribution in [0.3, 0.4) is 0 Å². The van der Waals surface area contributed by atoms with E-state index >= 15 is 0 Å². The van der Waals surface area contributed by atoms with Crippen LogP contribution in [0.4, 0.5) is 0 Å². The summed E-state index contributed by atoms with van der Waals surface area (Å²) in [4.78, 5) is 12.1. The van der Waals surface area contributed by atoms with Crippen molar-refractivity contribution in [2.24, 2.45) is 23.8 Å². The Hall–Kier alpha value is -3.64. The summed E-state index contributed by atoms with van der Waals surface area (Å²) in [6.45, 7) is 0. The molecule has 0 unspecified atom stereocenters. The maximum atomic E-state index is 12.1. The number of nitrogens with one attached hydrogen (secondary N) is 1. The second kappa shape index (κ2) is 7.17. The van der Waals surface area contributed by atoms with Crippen molar-refractivity contribution in [3.05, 3.63) is 83.4 Å². The van der Waals surface area contributed by atoms with Crippen LogP contribution < -0.4 is 17.1 Å². The lowest BCUT2D eigenvalue weighted by Gasteiger charge is -2.13. The van der Waals surface area contributed by atoms with Crippen LogP contribution in [0, 0.1) is 0 Å². The predicted molar refractivity (Wildman–Crippen MR) is 113 cm³/mol. The number of rotatable bonds is 4. The molecule has 0 aliphatic carbocycles. The molecule has 140 valence electrons. The number of nitrogens with two attached hydrogens (primary N) is 2. The first-order valence-corrected chi connectivity index (χ1v) is 8.97. The van der Waals surface area contributed by atoms with Crippen molar-refractivity contribution in [2.75, 3.05) is 0 Å². The number of aryl methyl sites for hydroxylation is 1. The summed E-state index contributed by atoms with van der Waals surface area (Å²) in [5, 5.41) is 6.29. The minimum atomic E-state index is -0.274. The third-order valence-corrected chi connectivity index (χ3v) is 5.08. The van der Waals surface area contributed by atoms with Crippen LogP contribution in [0.15, 0.2) is 71.8 Å². The topological polar surface area (TPSA) is 98.4 Å². The van der Waals surface area contributed by atoms with Gasteiger partial charge < -0.3 is 10.4 Å². The Bertz CT molecular complexity index is 1210. The first kappa shape index (κ1) is 17.8. The van der Waals surface area contributed by atoms with E-state index in [0.717, 1.165) is 38.5 Å². The van der Waals surface area contributed by atoms with Crippen molar-refractivity contribution < 1.29 is 4.79 Å². The molecule has 0 bridgehead atoms. The van der Waals surface area contributed by atoms with Gasteiger partial charge in [-0.15, -0.1) is 0 Å². The number of fused-ring (bicyclic) bond motifs is 3. The molecule has 6 heteroatoms. The summed E-state index contributed by atoms with van der Waals surface area (Å²) in [6.07, 6.45) is 0.134. The van der Waals surface area contributed by atoms with Gasteiger partial charge in [0.25, 0.3) is 0 Å². The number of carbonyl (C=O) groups is 1. The summed E-state index contributed by atoms with van der Waals surface area (Å²) in [5.41, 5.74) is 7.52. The van der Waals surface area contributed by atoms with Gasteiger partial charge in [-0.1, -0.05) is 48.5 Å². The smallest absolute Gasteiger partial charge is 0.238 e. The van der Waals surface area contributed by atoms with E-state index in [0.29, 0.717) is 5.71 Å². The van der Waals surface area contributed by atoms with Gasteiger partial charge in [-0.05, 0) is 23.8 Å². The SMILES string of the molecule is Cn1c2ccccc2c2cc(/C(=N/N)c3ccccc3)c(CC(=O)NN)cc21. The summed E-state index contributed by atoms with van der Waals surface area (Å²) in [5.74, 6) is 10.8. The molecular formula is C22H21N5O. The number of benzene rings is 3. The fraction of sp³-hybridized carbons (Fsp3) is 0.0909. The van der Waals surface area contributed by atoms with Crippen molar-refractivity contribution in [1.82, 2.24) is 9.99 Å². The van der Waals surface area contributed by atoms with E-state index in [2.05, 4.69) is 33.3 Å². The van der Waals surface area contributed by atoms with Crippen LogP contribution >= 0.6 is 0 Å². The van der Waals surface area contributed by atoms with Crippen LogP contribution in [0.2, 0.25) is 0 Å². The molecule has 1 heterocycles. The molecule has 0 saturated heterocycles. The van der Waals surface area contributed by atoms with Crippen LogP contribution in [0.25, 0.3) is 21.8 Å². The molecule has 0 aliphatic rings. The summed E-state index contributed by atoms with van der Waals surface area (Å²) in [6, 6.07) is 22.0. The van der Waals surface area contributed by atoms with Crippen LogP contribution in [0.5, 0.6) is 0 Å². The molecule has 0 radical (unpaired) electrons. The highest BCUT2D eigenvalue weighted by atomic mass is 16.2. The number of hydrogen-bond donors (Lipinski definition) is 3. The maximum absolute atomic E-state index is 12.1. The molecule has 28 heavy (non-hydrogen) atoms. The Kier molecular flexibility index (Phi) is 4.55. The minimum absolute atomic E-state index is 0.134. The highest BCUT2D eigenvalue weighted by molar-refractivity contribution is 6.18. The molecule has 0 fully saturated rings. The number of nitrogens with zero attached hydrogens (tertiary/aromatic N) is 2. The van der Waals surface area contributed by atoms with Gasteiger partial charge in [-0.2, -0.15) is 5.10 Å². The Morgan fingerprint density at radius 3 is 2.43 bits per heavy atom. The largest absolute Gasteiger partial charge is 0.344 e. The monoisotopic (exact) mass is 371 g/mol. The fourth-order valence-electron chi connectivity index (χ4n) is 3.73. The number of amides is 1. The molecule has 0 saturated carbocycles. The van der Waals surface area contributed by atoms with E-state index in [1.165, 1.54) is 0 Å². The van der Waals surface area contributed by atoms with Crippen LogP contribution in [-0.4, -0.2) is 16.2 Å². The third-order valence-electron chi connectivity index (χ3n) is 5.08. The van der Waals surface area contributed by atoms with Gasteiger partial charge in [0.15, 0.2) is 0 Å². The zero-order valence-corrected chi connectivity index (χ0v) is 15.5. The average molecular weight is 371 g/mol. The number of hydrazine groups is 1. The van der Waals surface area contributed by atoms with Gasteiger partial charge in [0.1, 0.15) is 0 Å². The Balaban J connectivity index is 2.03. The van der Waals surface area contributed by atoms with Crippen LogP contribution in [0.1, 0.15) is 16.7 Å². The molecule has 4 rings (SSSR count). The maximum Gasteiger partial charge on any atom is 0.238 e. The minimum Gasteiger partial charge on any atom is -0.344 e. The van der Waals surface area contributed by atoms with E-state index in [-0.39, 0.29) is 12.3 Å². The van der Waals surface area contributed by atoms with Gasteiger partial charge in [0, 0.05) is 40.0 Å². The molecular weight excluding hydrogens is 350 g/mol. The lowest BCUT2D eigenvalue weighted by Crippen LogP contribution is -2.32. The number of hydrazone groups is 1. The van der Waals surface area contributed by atoms with Crippen molar-refractivity contribution >= 4 is 33.4 Å². The summed E-state index contributed by atoms with van der Waals surface area (Å²) >= 11 is 0. The lowest BCUT2D eigenvalue weighted by molar-refractivity contribution is -0.120. The standard InChI is InChI=1S/C22H21N5O/c1-27-19-10-6-5-9-16(19)18-13-17(15(11-20(18)27)12-21(28)25-23)22(26-24)14-7-3-2-4-8-14/h2-11,13H,12,23-24H2,1H3,(H,25,28)/b26-22+. The number of para-hydroxylation sites is 1. The van der Waals surface area contributed by atoms with Crippen molar-refractivity contribution in [3.8, 4) is 0 Å². The lowest BCUT2D eigenvalue weighted by atomic mass is 9.93. The Morgan fingerprint density at radius 2 is 1.71 bits per heavy atom. The molecule has 0 atom stereocenters. The van der Waals surface area contributed by atoms with E-state index in [1.54, 1.807) is 0 Å². The van der Waals surface area contributed by atoms with E-state index in [4.69, 9.17) is 11.7 Å². The Labute approximate surface area is 162 Å². The molecule has 5 N–H and O–H groups in total. The first-order valence-electron chi connectivity index (χ1n) is 8.97. The molecule has 0 aliphatic heterocycles. The zero-order valence-electron chi connectivity index (χ0n) is 15.5. The second-order valence-electron chi connectivity index (χ2n) is 6.69. The Morgan fingerprint density at radius 1 is 1.00 bits per heavy atom. The van der Waals surface area contributed by atoms with Crippen molar-refractivity contribution in [2.45, 2.75) is 6.42 Å². The van der Waals surface area contributed by atoms with E-state index < -0.39 is 0 Å². The van der Waals surface area contributed by atoms with E-state index in [9.17, 15) is 4.79 Å². The molecule has 1 aromatic heterocycles. The normalized spacial score (nSPS) is 11.9. The summed E-state index contributed by atoms with van der Waals surface area (Å²) < 4.78 is 2.13. The predicted octanol–water partition coefficient (Wildman–Crippen LogP) is 2.57. The second-order valence-corrected chi connectivity index (χ2v) is 6.69. The summed E-state index contributed by atoms with van der Waals surface area (Å²) in [7, 11) is 2.02. The van der Waals surface area contributed by atoms with E-state index in [1.807, 2.05) is 55.6 Å². The molecule has 4 aromatic rings. The van der Waals surface area contributed by atoms with Gasteiger partial charge in [0.05, 0.1) is 12.1 Å². The van der Waals surface area contributed by atoms with Crippen LogP contribution in [-0.2, 0) is 18.3 Å². The van der Waals surface area contributed by atoms with Gasteiger partial charge in [-0.3, -0.25) is 10.2 Å². The van der Waals surface area contributed by atoms with Crippen molar-refractivity contribution in [3.63, 3.8) is 0 Å². The quantitative estimate of drug-likeness (QED) is 0.222. The number of carbonyl (C=O) groups excluding carboxylic acids is 1. The molecule has 0 spiro atoms. The number of aromatic nitrogens is 1. The molecule has 6 nitrogen and oxygen atoms in total. The molecule has 1 amide bonds. The highest BCUT2D eigenvalue weighted by Gasteiger charge is 2.18. The zero-order chi connectivity index (χ0) is 19.7. The number of hydrogen-bond acceptors (Lipinski definition) is 4. The highest BCUT2D eigenvalue weighted by Crippen LogP contribution is 2.31. The first-order chi connectivity index (χ1) is 13.6. The van der Waals surface area contributed by atoms with Gasteiger partial charge in [0.2, 0.25) is 5.91 Å². The van der Waals surface area contributed by atoms with Gasteiger partial charge in [-0.25, -0.2) is 5.84 Å². The molecule has 3 aromatic carbocycles. The average Bonchev–Trinajstić information content (AvgIpc) is 3.01. The van der Waals surface area contributed by atoms with Crippen molar-refractivity contribution in [1.29, 1.82) is 0 Å². The van der Waals surface area contributed by atoms with Gasteiger partial charge >= 0.3 is 0 Å². The fourth-order valence-corrected chi connectivity index (χ4v) is 3.73.